The van der Waals surface area contributed by atoms with E-state index in [1.165, 1.54) is 0 Å². The lowest BCUT2D eigenvalue weighted by atomic mass is 10.2. The van der Waals surface area contributed by atoms with Crippen molar-refractivity contribution < 1.29 is 9.90 Å². The molecule has 0 unspecified atom stereocenters. The van der Waals surface area contributed by atoms with E-state index in [2.05, 4.69) is 30.1 Å². The Morgan fingerprint density at radius 3 is 2.61 bits per heavy atom. The topological polar surface area (TPSA) is 111 Å². The van der Waals surface area contributed by atoms with Gasteiger partial charge < -0.3 is 30.1 Å². The van der Waals surface area contributed by atoms with Gasteiger partial charge in [0.15, 0.2) is 11.6 Å². The highest BCUT2D eigenvalue weighted by atomic mass is 16.3. The van der Waals surface area contributed by atoms with Crippen LogP contribution in [0.15, 0.2) is 24.5 Å². The maximum absolute atomic E-state index is 12.9. The normalized spacial score (nSPS) is 17.0. The standard InChI is InChI=1S/C23H30N8O2/c1-29(2)22(33)18-11-15-13-26-23(28-21(15)31(18)16-5-3-4-6-16)27-20-19(32)12-17(14-25-20)30-9-7-24-8-10-30/h11-14,16,24,32H,3-10H2,1-2H3,(H,25,26,27,28). The van der Waals surface area contributed by atoms with E-state index in [0.717, 1.165) is 68.6 Å². The number of piperazine rings is 1. The van der Waals surface area contributed by atoms with Crippen LogP contribution in [0.2, 0.25) is 0 Å². The Balaban J connectivity index is 1.46. The van der Waals surface area contributed by atoms with Crippen molar-refractivity contribution in [2.24, 2.45) is 0 Å². The van der Waals surface area contributed by atoms with Gasteiger partial charge >= 0.3 is 0 Å². The van der Waals surface area contributed by atoms with E-state index in [-0.39, 0.29) is 17.7 Å². The van der Waals surface area contributed by atoms with Gasteiger partial charge in [0.25, 0.3) is 5.91 Å². The van der Waals surface area contributed by atoms with Crippen LogP contribution in [0.1, 0.15) is 42.2 Å². The van der Waals surface area contributed by atoms with Crippen molar-refractivity contribution in [3.8, 4) is 5.75 Å². The molecule has 1 aliphatic carbocycles. The van der Waals surface area contributed by atoms with E-state index in [0.29, 0.717) is 17.5 Å². The summed E-state index contributed by atoms with van der Waals surface area (Å²) in [6, 6.07) is 3.83. The van der Waals surface area contributed by atoms with E-state index in [1.54, 1.807) is 37.5 Å². The van der Waals surface area contributed by atoms with Crippen LogP contribution >= 0.6 is 0 Å². The van der Waals surface area contributed by atoms with Gasteiger partial charge in [0, 0.05) is 64.0 Å². The fourth-order valence-corrected chi connectivity index (χ4v) is 4.73. The number of hydrogen-bond donors (Lipinski definition) is 3. The molecule has 174 valence electrons. The molecule has 0 bridgehead atoms. The predicted octanol–water partition coefficient (Wildman–Crippen LogP) is 2.50. The van der Waals surface area contributed by atoms with Crippen molar-refractivity contribution >= 4 is 34.4 Å². The van der Waals surface area contributed by atoms with Crippen LogP contribution in [-0.4, -0.2) is 75.7 Å². The number of amides is 1. The smallest absolute Gasteiger partial charge is 0.270 e. The lowest BCUT2D eigenvalue weighted by Crippen LogP contribution is -2.43. The zero-order valence-electron chi connectivity index (χ0n) is 19.1. The molecule has 10 heteroatoms. The molecular weight excluding hydrogens is 420 g/mol. The monoisotopic (exact) mass is 450 g/mol. The number of nitrogens with one attached hydrogen (secondary N) is 2. The largest absolute Gasteiger partial charge is 0.504 e. The van der Waals surface area contributed by atoms with E-state index in [9.17, 15) is 9.90 Å². The van der Waals surface area contributed by atoms with E-state index >= 15 is 0 Å². The van der Waals surface area contributed by atoms with Gasteiger partial charge in [-0.3, -0.25) is 4.79 Å². The van der Waals surface area contributed by atoms with Crippen molar-refractivity contribution in [3.05, 3.63) is 30.2 Å². The number of aromatic hydroxyl groups is 1. The summed E-state index contributed by atoms with van der Waals surface area (Å²) in [6.07, 6.45) is 7.82. The van der Waals surface area contributed by atoms with Gasteiger partial charge in [-0.2, -0.15) is 4.98 Å². The molecule has 5 rings (SSSR count). The van der Waals surface area contributed by atoms with Crippen LogP contribution in [0.4, 0.5) is 17.5 Å². The van der Waals surface area contributed by atoms with Gasteiger partial charge in [-0.15, -0.1) is 0 Å². The maximum Gasteiger partial charge on any atom is 0.270 e. The molecule has 1 saturated heterocycles. The van der Waals surface area contributed by atoms with Gasteiger partial charge in [0.2, 0.25) is 5.95 Å². The molecular formula is C23H30N8O2. The number of carbonyl (C=O) groups excluding carboxylic acids is 1. The Kier molecular flexibility index (Phi) is 5.76. The van der Waals surface area contributed by atoms with Gasteiger partial charge in [-0.05, 0) is 18.9 Å². The minimum Gasteiger partial charge on any atom is -0.504 e. The first-order chi connectivity index (χ1) is 16.0. The Morgan fingerprint density at radius 2 is 1.91 bits per heavy atom. The van der Waals surface area contributed by atoms with Crippen molar-refractivity contribution in [3.63, 3.8) is 0 Å². The number of rotatable bonds is 5. The van der Waals surface area contributed by atoms with Gasteiger partial charge in [0.1, 0.15) is 11.3 Å². The lowest BCUT2D eigenvalue weighted by molar-refractivity contribution is 0.0815. The van der Waals surface area contributed by atoms with Crippen molar-refractivity contribution in [2.75, 3.05) is 50.5 Å². The summed E-state index contributed by atoms with van der Waals surface area (Å²) in [5.41, 5.74) is 2.24. The number of nitrogens with zero attached hydrogens (tertiary/aromatic N) is 6. The second-order valence-corrected chi connectivity index (χ2v) is 8.93. The first-order valence-electron chi connectivity index (χ1n) is 11.5. The van der Waals surface area contributed by atoms with Crippen molar-refractivity contribution in [2.45, 2.75) is 31.7 Å². The summed E-state index contributed by atoms with van der Waals surface area (Å²) < 4.78 is 2.07. The number of aromatic nitrogens is 4. The molecule has 2 fully saturated rings. The second-order valence-electron chi connectivity index (χ2n) is 8.93. The average Bonchev–Trinajstić information content (AvgIpc) is 3.47. The van der Waals surface area contributed by atoms with Crippen LogP contribution in [0.3, 0.4) is 0 Å². The maximum atomic E-state index is 12.9. The third-order valence-electron chi connectivity index (χ3n) is 6.46. The Bertz CT molecular complexity index is 1160. The van der Waals surface area contributed by atoms with E-state index in [4.69, 9.17) is 4.98 Å². The molecule has 0 radical (unpaired) electrons. The molecule has 4 heterocycles. The Morgan fingerprint density at radius 1 is 1.15 bits per heavy atom. The third kappa shape index (κ3) is 4.18. The van der Waals surface area contributed by atoms with Crippen molar-refractivity contribution in [1.82, 2.24) is 29.7 Å². The summed E-state index contributed by atoms with van der Waals surface area (Å²) >= 11 is 0. The van der Waals surface area contributed by atoms with Gasteiger partial charge in [-0.25, -0.2) is 9.97 Å². The van der Waals surface area contributed by atoms with E-state index < -0.39 is 0 Å². The fourth-order valence-electron chi connectivity index (χ4n) is 4.73. The zero-order chi connectivity index (χ0) is 22.9. The second kappa shape index (κ2) is 8.86. The summed E-state index contributed by atoms with van der Waals surface area (Å²) in [7, 11) is 3.52. The molecule has 1 amide bonds. The number of pyridine rings is 1. The fraction of sp³-hybridized carbons (Fsp3) is 0.478. The summed E-state index contributed by atoms with van der Waals surface area (Å²) in [4.78, 5) is 30.2. The quantitative estimate of drug-likeness (QED) is 0.544. The molecule has 2 aliphatic rings. The molecule has 3 aromatic heterocycles. The van der Waals surface area contributed by atoms with Crippen LogP contribution in [0.5, 0.6) is 5.75 Å². The predicted molar refractivity (Wildman–Crippen MR) is 127 cm³/mol. The van der Waals surface area contributed by atoms with Crippen LogP contribution in [-0.2, 0) is 0 Å². The third-order valence-corrected chi connectivity index (χ3v) is 6.46. The van der Waals surface area contributed by atoms with Crippen LogP contribution in [0.25, 0.3) is 11.0 Å². The van der Waals surface area contributed by atoms with Gasteiger partial charge in [-0.1, -0.05) is 12.8 Å². The minimum atomic E-state index is -0.0442. The lowest BCUT2D eigenvalue weighted by Gasteiger charge is -2.29. The van der Waals surface area contributed by atoms with Crippen molar-refractivity contribution in [1.29, 1.82) is 0 Å². The summed E-state index contributed by atoms with van der Waals surface area (Å²) in [5.74, 6) is 0.639. The molecule has 33 heavy (non-hydrogen) atoms. The highest BCUT2D eigenvalue weighted by Gasteiger charge is 2.26. The SMILES string of the molecule is CN(C)C(=O)c1cc2cnc(Nc3ncc(N4CCNCC4)cc3O)nc2n1C1CCCC1. The number of anilines is 3. The number of fused-ring (bicyclic) bond motifs is 1. The summed E-state index contributed by atoms with van der Waals surface area (Å²) in [6.45, 7) is 3.57. The Hall–Kier alpha value is -3.40. The van der Waals surface area contributed by atoms with Gasteiger partial charge in [0.05, 0.1) is 11.9 Å². The molecule has 3 aromatic rings. The molecule has 1 aliphatic heterocycles. The van der Waals surface area contributed by atoms with E-state index in [1.807, 2.05) is 6.07 Å². The minimum absolute atomic E-state index is 0.0442. The molecule has 10 nitrogen and oxygen atoms in total. The molecule has 0 atom stereocenters. The Labute approximate surface area is 192 Å². The highest BCUT2D eigenvalue weighted by Crippen LogP contribution is 2.35. The summed E-state index contributed by atoms with van der Waals surface area (Å²) in [5, 5.41) is 17.8. The first-order valence-corrected chi connectivity index (χ1v) is 11.5. The molecule has 0 aromatic carbocycles. The van der Waals surface area contributed by atoms with Crippen LogP contribution in [0, 0.1) is 0 Å². The molecule has 0 spiro atoms. The molecule has 1 saturated carbocycles. The first kappa shape index (κ1) is 21.4. The molecule has 3 N–H and O–H groups in total. The number of hydrogen-bond acceptors (Lipinski definition) is 8. The average molecular weight is 451 g/mol. The van der Waals surface area contributed by atoms with Crippen LogP contribution < -0.4 is 15.5 Å². The zero-order valence-corrected chi connectivity index (χ0v) is 19.1. The number of carbonyl (C=O) groups is 1. The highest BCUT2D eigenvalue weighted by molar-refractivity contribution is 5.98.